The van der Waals surface area contributed by atoms with Crippen LogP contribution in [0.25, 0.3) is 0 Å². The fourth-order valence-corrected chi connectivity index (χ4v) is 2.56. The summed E-state index contributed by atoms with van der Waals surface area (Å²) in [5, 5.41) is 9.42. The highest BCUT2D eigenvalue weighted by molar-refractivity contribution is 6.08. The van der Waals surface area contributed by atoms with Crippen LogP contribution < -0.4 is 4.90 Å². The summed E-state index contributed by atoms with van der Waals surface area (Å²) in [7, 11) is 2.08. The molecule has 0 spiro atoms. The topological polar surface area (TPSA) is 56.7 Å². The number of carbonyl (C=O) groups is 1. The number of piperazine rings is 1. The van der Waals surface area contributed by atoms with Crippen molar-refractivity contribution < 1.29 is 14.3 Å². The van der Waals surface area contributed by atoms with E-state index in [1.54, 1.807) is 12.1 Å². The van der Waals surface area contributed by atoms with Gasteiger partial charge in [-0.2, -0.15) is 0 Å². The van der Waals surface area contributed by atoms with Crippen molar-refractivity contribution in [3.63, 3.8) is 0 Å². The van der Waals surface area contributed by atoms with Crippen molar-refractivity contribution in [2.24, 2.45) is 0 Å². The minimum Gasteiger partial charge on any atom is -0.505 e. The molecule has 0 saturated carbocycles. The molecule has 23 heavy (non-hydrogen) atoms. The van der Waals surface area contributed by atoms with Crippen molar-refractivity contribution in [3.8, 4) is 5.75 Å². The zero-order valence-corrected chi connectivity index (χ0v) is 12.9. The number of pyridine rings is 1. The van der Waals surface area contributed by atoms with Crippen LogP contribution in [0.15, 0.2) is 36.4 Å². The van der Waals surface area contributed by atoms with Gasteiger partial charge in [-0.15, -0.1) is 0 Å². The Kier molecular flexibility index (Phi) is 4.25. The summed E-state index contributed by atoms with van der Waals surface area (Å²) < 4.78 is 13.1. The Balaban J connectivity index is 1.84. The molecule has 0 atom stereocenters. The summed E-state index contributed by atoms with van der Waals surface area (Å²) in [5.74, 6) is -0.863. The summed E-state index contributed by atoms with van der Waals surface area (Å²) >= 11 is 0. The molecule has 3 rings (SSSR count). The molecule has 0 bridgehead atoms. The van der Waals surface area contributed by atoms with E-state index in [0.717, 1.165) is 44.1 Å². The van der Waals surface area contributed by atoms with Crippen molar-refractivity contribution in [2.45, 2.75) is 0 Å². The van der Waals surface area contributed by atoms with Crippen molar-refractivity contribution in [3.05, 3.63) is 53.5 Å². The molecular weight excluding hydrogens is 297 g/mol. The first kappa shape index (κ1) is 15.4. The second-order valence-corrected chi connectivity index (χ2v) is 5.67. The molecule has 1 aromatic carbocycles. The van der Waals surface area contributed by atoms with Crippen LogP contribution >= 0.6 is 0 Å². The molecule has 1 aliphatic rings. The maximum absolute atomic E-state index is 13.1. The highest BCUT2D eigenvalue weighted by Gasteiger charge is 2.18. The third-order valence-electron chi connectivity index (χ3n) is 4.00. The summed E-state index contributed by atoms with van der Waals surface area (Å²) in [6.07, 6.45) is 0. The van der Waals surface area contributed by atoms with Crippen molar-refractivity contribution in [2.75, 3.05) is 38.1 Å². The van der Waals surface area contributed by atoms with Crippen molar-refractivity contribution in [1.29, 1.82) is 0 Å². The average Bonchev–Trinajstić information content (AvgIpc) is 2.57. The second-order valence-electron chi connectivity index (χ2n) is 5.67. The number of phenolic OH excluding ortho intramolecular Hbond substituents is 1. The van der Waals surface area contributed by atoms with Crippen LogP contribution in [0.3, 0.4) is 0 Å². The van der Waals surface area contributed by atoms with Crippen molar-refractivity contribution in [1.82, 2.24) is 9.88 Å². The maximum atomic E-state index is 13.1. The Morgan fingerprint density at radius 2 is 1.91 bits per heavy atom. The molecule has 0 unspecified atom stereocenters. The quantitative estimate of drug-likeness (QED) is 0.877. The zero-order chi connectivity index (χ0) is 16.4. The van der Waals surface area contributed by atoms with Crippen LogP contribution in [0.4, 0.5) is 10.2 Å². The number of ketones is 1. The number of phenols is 1. The van der Waals surface area contributed by atoms with Crippen LogP contribution in [-0.4, -0.2) is 54.0 Å². The fraction of sp³-hybridized carbons (Fsp3) is 0.294. The van der Waals surface area contributed by atoms with Crippen molar-refractivity contribution >= 4 is 11.6 Å². The highest BCUT2D eigenvalue weighted by Crippen LogP contribution is 2.20. The summed E-state index contributed by atoms with van der Waals surface area (Å²) in [4.78, 5) is 21.3. The lowest BCUT2D eigenvalue weighted by atomic mass is 10.1. The molecule has 0 amide bonds. The first-order valence-corrected chi connectivity index (χ1v) is 7.48. The van der Waals surface area contributed by atoms with Gasteiger partial charge >= 0.3 is 0 Å². The highest BCUT2D eigenvalue weighted by atomic mass is 19.1. The largest absolute Gasteiger partial charge is 0.505 e. The number of halogens is 1. The summed E-state index contributed by atoms with van der Waals surface area (Å²) in [5.41, 5.74) is 0.499. The van der Waals surface area contributed by atoms with E-state index in [0.29, 0.717) is 0 Å². The van der Waals surface area contributed by atoms with E-state index < -0.39 is 11.6 Å². The standard InChI is InChI=1S/C17H18FN3O2/c1-20-7-9-21(10-8-20)16-4-2-3-14(19-16)17(23)12-5-6-13(18)15(22)11-12/h2-6,11,22H,7-10H2,1H3. The first-order valence-electron chi connectivity index (χ1n) is 7.48. The molecule has 120 valence electrons. The lowest BCUT2D eigenvalue weighted by Crippen LogP contribution is -2.44. The van der Waals surface area contributed by atoms with E-state index in [4.69, 9.17) is 0 Å². The van der Waals surface area contributed by atoms with E-state index in [-0.39, 0.29) is 17.0 Å². The Bertz CT molecular complexity index is 728. The summed E-state index contributed by atoms with van der Waals surface area (Å²) in [6, 6.07) is 8.85. The molecule has 1 aliphatic heterocycles. The Labute approximate surface area is 134 Å². The maximum Gasteiger partial charge on any atom is 0.211 e. The minimum atomic E-state index is -0.749. The van der Waals surface area contributed by atoms with Gasteiger partial charge in [-0.1, -0.05) is 6.07 Å². The first-order chi connectivity index (χ1) is 11.0. The van der Waals surface area contributed by atoms with Gasteiger partial charge in [0, 0.05) is 31.7 Å². The SMILES string of the molecule is CN1CCN(c2cccc(C(=O)c3ccc(F)c(O)c3)n2)CC1. The van der Waals surface area contributed by atoms with Crippen LogP contribution in [0.5, 0.6) is 5.75 Å². The van der Waals surface area contributed by atoms with Gasteiger partial charge < -0.3 is 14.9 Å². The third kappa shape index (κ3) is 3.32. The zero-order valence-electron chi connectivity index (χ0n) is 12.9. The molecule has 6 heteroatoms. The molecule has 5 nitrogen and oxygen atoms in total. The van der Waals surface area contributed by atoms with E-state index in [1.807, 2.05) is 6.07 Å². The van der Waals surface area contributed by atoms with Gasteiger partial charge in [-0.05, 0) is 37.4 Å². The van der Waals surface area contributed by atoms with Gasteiger partial charge in [0.2, 0.25) is 5.78 Å². The Hall–Kier alpha value is -2.47. The van der Waals surface area contributed by atoms with Crippen LogP contribution in [0.2, 0.25) is 0 Å². The number of aromatic nitrogens is 1. The predicted octanol–water partition coefficient (Wildman–Crippen LogP) is 1.91. The van der Waals surface area contributed by atoms with Gasteiger partial charge in [-0.25, -0.2) is 9.37 Å². The van der Waals surface area contributed by atoms with E-state index in [2.05, 4.69) is 21.8 Å². The fourth-order valence-electron chi connectivity index (χ4n) is 2.56. The summed E-state index contributed by atoms with van der Waals surface area (Å²) in [6.45, 7) is 3.62. The molecule has 1 saturated heterocycles. The number of carbonyl (C=O) groups excluding carboxylic acids is 1. The molecule has 0 aliphatic carbocycles. The molecule has 2 heterocycles. The molecule has 1 N–H and O–H groups in total. The van der Waals surface area contributed by atoms with E-state index in [1.165, 1.54) is 6.07 Å². The number of hydrogen-bond acceptors (Lipinski definition) is 5. The molecule has 2 aromatic rings. The minimum absolute atomic E-state index is 0.215. The lowest BCUT2D eigenvalue weighted by molar-refractivity contribution is 0.103. The predicted molar refractivity (Wildman–Crippen MR) is 85.4 cm³/mol. The average molecular weight is 315 g/mol. The molecule has 1 aromatic heterocycles. The number of anilines is 1. The number of rotatable bonds is 3. The normalized spacial score (nSPS) is 15.7. The van der Waals surface area contributed by atoms with Gasteiger partial charge in [-0.3, -0.25) is 4.79 Å². The Morgan fingerprint density at radius 1 is 1.17 bits per heavy atom. The van der Waals surface area contributed by atoms with Crippen LogP contribution in [-0.2, 0) is 0 Å². The van der Waals surface area contributed by atoms with Gasteiger partial charge in [0.05, 0.1) is 0 Å². The Morgan fingerprint density at radius 3 is 2.61 bits per heavy atom. The number of likely N-dealkylation sites (N-methyl/N-ethyl adjacent to an activating group) is 1. The second kappa shape index (κ2) is 6.34. The molecular formula is C17H18FN3O2. The molecule has 1 fully saturated rings. The number of benzene rings is 1. The van der Waals surface area contributed by atoms with Crippen LogP contribution in [0, 0.1) is 5.82 Å². The molecule has 0 radical (unpaired) electrons. The monoisotopic (exact) mass is 315 g/mol. The number of aromatic hydroxyl groups is 1. The van der Waals surface area contributed by atoms with Gasteiger partial charge in [0.1, 0.15) is 11.5 Å². The smallest absolute Gasteiger partial charge is 0.211 e. The van der Waals surface area contributed by atoms with E-state index in [9.17, 15) is 14.3 Å². The number of hydrogen-bond donors (Lipinski definition) is 1. The third-order valence-corrected chi connectivity index (χ3v) is 4.00. The number of nitrogens with zero attached hydrogens (tertiary/aromatic N) is 3. The lowest BCUT2D eigenvalue weighted by Gasteiger charge is -2.33. The van der Waals surface area contributed by atoms with E-state index >= 15 is 0 Å². The van der Waals surface area contributed by atoms with Crippen LogP contribution in [0.1, 0.15) is 16.1 Å². The van der Waals surface area contributed by atoms with Gasteiger partial charge in [0.15, 0.2) is 11.6 Å². The van der Waals surface area contributed by atoms with Gasteiger partial charge in [0.25, 0.3) is 0 Å².